The Bertz CT molecular complexity index is 489. The second kappa shape index (κ2) is 6.76. The van der Waals surface area contributed by atoms with E-state index in [9.17, 15) is 0 Å². The quantitative estimate of drug-likeness (QED) is 0.741. The van der Waals surface area contributed by atoms with Crippen LogP contribution in [0.4, 0.5) is 0 Å². The van der Waals surface area contributed by atoms with E-state index in [2.05, 4.69) is 53.4 Å². The van der Waals surface area contributed by atoms with Crippen LogP contribution in [0.3, 0.4) is 0 Å². The van der Waals surface area contributed by atoms with Gasteiger partial charge in [-0.15, -0.1) is 0 Å². The maximum Gasteiger partial charge on any atom is 0.106 e. The number of aromatic nitrogens is 2. The van der Waals surface area contributed by atoms with Gasteiger partial charge in [-0.2, -0.15) is 0 Å². The molecule has 0 N–H and O–H groups in total. The highest BCUT2D eigenvalue weighted by atomic mass is 35.5. The van der Waals surface area contributed by atoms with Gasteiger partial charge in [0.2, 0.25) is 0 Å². The zero-order chi connectivity index (χ0) is 12.3. The first kappa shape index (κ1) is 15.0. The number of fused-ring (bicyclic) bond motifs is 1. The molecule has 0 bridgehead atoms. The Labute approximate surface area is 115 Å². The van der Waals surface area contributed by atoms with Crippen molar-refractivity contribution < 1.29 is 12.4 Å². The average molecular weight is 267 g/mol. The number of benzene rings is 1. The maximum atomic E-state index is 4.59. The molecule has 4 heteroatoms. The van der Waals surface area contributed by atoms with E-state index in [1.165, 1.54) is 5.52 Å². The van der Waals surface area contributed by atoms with E-state index in [0.29, 0.717) is 0 Å². The summed E-state index contributed by atoms with van der Waals surface area (Å²) in [6.07, 6.45) is 0. The van der Waals surface area contributed by atoms with Crippen LogP contribution in [0, 0.1) is 6.92 Å². The molecular formula is C14H21ClN3-. The molecule has 0 saturated carbocycles. The van der Waals surface area contributed by atoms with Crippen LogP contribution >= 0.6 is 0 Å². The second-order valence-corrected chi connectivity index (χ2v) is 4.33. The van der Waals surface area contributed by atoms with Crippen LogP contribution in [0.2, 0.25) is 0 Å². The molecule has 1 heterocycles. The third kappa shape index (κ3) is 3.03. The second-order valence-electron chi connectivity index (χ2n) is 4.33. The first-order chi connectivity index (χ1) is 8.26. The number of likely N-dealkylation sites (N-methyl/N-ethyl adjacent to an activating group) is 1. The molecule has 0 saturated heterocycles. The molecule has 0 aliphatic rings. The van der Waals surface area contributed by atoms with Gasteiger partial charge in [-0.3, -0.25) is 0 Å². The molecule has 0 spiro atoms. The molecule has 0 radical (unpaired) electrons. The number of imidazole rings is 1. The van der Waals surface area contributed by atoms with Crippen molar-refractivity contribution in [2.24, 2.45) is 0 Å². The highest BCUT2D eigenvalue weighted by molar-refractivity contribution is 5.75. The van der Waals surface area contributed by atoms with Crippen LogP contribution < -0.4 is 12.4 Å². The number of nitrogens with zero attached hydrogens (tertiary/aromatic N) is 3. The minimum atomic E-state index is 0. The number of hydrogen-bond acceptors (Lipinski definition) is 2. The molecular weight excluding hydrogens is 246 g/mol. The molecule has 100 valence electrons. The fourth-order valence-corrected chi connectivity index (χ4v) is 2.26. The lowest BCUT2D eigenvalue weighted by molar-refractivity contribution is -0.00000382. The van der Waals surface area contributed by atoms with Gasteiger partial charge in [-0.05, 0) is 32.1 Å². The Balaban J connectivity index is 0.00000162. The summed E-state index contributed by atoms with van der Waals surface area (Å²) in [7, 11) is 0. The van der Waals surface area contributed by atoms with Gasteiger partial charge in [0.15, 0.2) is 0 Å². The van der Waals surface area contributed by atoms with Gasteiger partial charge in [-0.1, -0.05) is 26.0 Å². The molecule has 1 aromatic carbocycles. The van der Waals surface area contributed by atoms with Gasteiger partial charge in [0, 0.05) is 13.1 Å². The number of hydrogen-bond donors (Lipinski definition) is 0. The van der Waals surface area contributed by atoms with Crippen molar-refractivity contribution in [3.63, 3.8) is 0 Å². The van der Waals surface area contributed by atoms with Gasteiger partial charge < -0.3 is 21.9 Å². The molecule has 3 nitrogen and oxygen atoms in total. The van der Waals surface area contributed by atoms with Crippen molar-refractivity contribution in [2.45, 2.75) is 27.3 Å². The van der Waals surface area contributed by atoms with Gasteiger partial charge in [0.25, 0.3) is 0 Å². The van der Waals surface area contributed by atoms with Crippen LogP contribution in [0.25, 0.3) is 11.0 Å². The smallest absolute Gasteiger partial charge is 0.106 e. The molecule has 1 aromatic heterocycles. The van der Waals surface area contributed by atoms with Crippen molar-refractivity contribution in [1.29, 1.82) is 0 Å². The minimum Gasteiger partial charge on any atom is -1.00 e. The van der Waals surface area contributed by atoms with Crippen molar-refractivity contribution in [2.75, 3.05) is 19.6 Å². The zero-order valence-corrected chi connectivity index (χ0v) is 12.1. The Hall–Kier alpha value is -1.06. The molecule has 0 amide bonds. The summed E-state index contributed by atoms with van der Waals surface area (Å²) in [6.45, 7) is 10.8. The standard InChI is InChI=1S/C14H21N3.ClH/c1-4-16(5-2)10-11-17-12(3)15-13-8-6-7-9-14(13)17;/h6-9H,4-5,10-11H2,1-3H3;1H/p-1. The monoisotopic (exact) mass is 266 g/mol. The van der Waals surface area contributed by atoms with Crippen LogP contribution in [0.1, 0.15) is 19.7 Å². The van der Waals surface area contributed by atoms with E-state index in [1.54, 1.807) is 0 Å². The fourth-order valence-electron chi connectivity index (χ4n) is 2.26. The lowest BCUT2D eigenvalue weighted by Gasteiger charge is -2.18. The molecule has 0 unspecified atom stereocenters. The normalized spacial score (nSPS) is 10.9. The zero-order valence-electron chi connectivity index (χ0n) is 11.4. The van der Waals surface area contributed by atoms with E-state index >= 15 is 0 Å². The van der Waals surface area contributed by atoms with Crippen molar-refractivity contribution >= 4 is 11.0 Å². The predicted octanol–water partition coefficient (Wildman–Crippen LogP) is -0.309. The Morgan fingerprint density at radius 3 is 2.50 bits per heavy atom. The van der Waals surface area contributed by atoms with E-state index in [-0.39, 0.29) is 12.4 Å². The first-order valence-corrected chi connectivity index (χ1v) is 6.40. The van der Waals surface area contributed by atoms with Gasteiger partial charge in [-0.25, -0.2) is 4.98 Å². The molecule has 18 heavy (non-hydrogen) atoms. The summed E-state index contributed by atoms with van der Waals surface area (Å²) < 4.78 is 2.31. The molecule has 2 rings (SSSR count). The predicted molar refractivity (Wildman–Crippen MR) is 72.3 cm³/mol. The van der Waals surface area contributed by atoms with Crippen molar-refractivity contribution in [3.05, 3.63) is 30.1 Å². The van der Waals surface area contributed by atoms with E-state index < -0.39 is 0 Å². The van der Waals surface area contributed by atoms with Crippen LogP contribution in [-0.4, -0.2) is 34.1 Å². The summed E-state index contributed by atoms with van der Waals surface area (Å²) in [5.41, 5.74) is 2.35. The number of aryl methyl sites for hydroxylation is 1. The first-order valence-electron chi connectivity index (χ1n) is 6.40. The molecule has 0 fully saturated rings. The summed E-state index contributed by atoms with van der Waals surface area (Å²) in [4.78, 5) is 7.03. The summed E-state index contributed by atoms with van der Waals surface area (Å²) >= 11 is 0. The third-order valence-electron chi connectivity index (χ3n) is 3.38. The lowest BCUT2D eigenvalue weighted by Crippen LogP contribution is -3.00. The number of halogens is 1. The Kier molecular flexibility index (Phi) is 5.63. The number of rotatable bonds is 5. The van der Waals surface area contributed by atoms with Crippen molar-refractivity contribution in [1.82, 2.24) is 14.5 Å². The fraction of sp³-hybridized carbons (Fsp3) is 0.500. The van der Waals surface area contributed by atoms with Gasteiger partial charge >= 0.3 is 0 Å². The molecule has 2 aromatic rings. The Morgan fingerprint density at radius 2 is 1.83 bits per heavy atom. The maximum absolute atomic E-state index is 4.59. The third-order valence-corrected chi connectivity index (χ3v) is 3.38. The van der Waals surface area contributed by atoms with Gasteiger partial charge in [0.1, 0.15) is 5.82 Å². The molecule has 0 atom stereocenters. The van der Waals surface area contributed by atoms with E-state index in [1.807, 2.05) is 6.07 Å². The van der Waals surface area contributed by atoms with Crippen LogP contribution in [-0.2, 0) is 6.54 Å². The van der Waals surface area contributed by atoms with Crippen LogP contribution in [0.15, 0.2) is 24.3 Å². The molecule has 0 aliphatic heterocycles. The highest BCUT2D eigenvalue weighted by Gasteiger charge is 2.07. The lowest BCUT2D eigenvalue weighted by atomic mass is 10.3. The summed E-state index contributed by atoms with van der Waals surface area (Å²) in [5, 5.41) is 0. The summed E-state index contributed by atoms with van der Waals surface area (Å²) in [5.74, 6) is 1.11. The van der Waals surface area contributed by atoms with E-state index in [4.69, 9.17) is 0 Å². The Morgan fingerprint density at radius 1 is 1.17 bits per heavy atom. The van der Waals surface area contributed by atoms with Crippen molar-refractivity contribution in [3.8, 4) is 0 Å². The SMILES string of the molecule is CCN(CC)CCn1c(C)nc2ccccc21.[Cl-]. The largest absolute Gasteiger partial charge is 1.00 e. The summed E-state index contributed by atoms with van der Waals surface area (Å²) in [6, 6.07) is 8.36. The topological polar surface area (TPSA) is 21.1 Å². The average Bonchev–Trinajstić information content (AvgIpc) is 2.67. The van der Waals surface area contributed by atoms with E-state index in [0.717, 1.165) is 37.5 Å². The van der Waals surface area contributed by atoms with Gasteiger partial charge in [0.05, 0.1) is 11.0 Å². The number of para-hydroxylation sites is 2. The van der Waals surface area contributed by atoms with Crippen LogP contribution in [0.5, 0.6) is 0 Å². The minimum absolute atomic E-state index is 0. The molecule has 0 aliphatic carbocycles. The highest BCUT2D eigenvalue weighted by Crippen LogP contribution is 2.15.